The number of likely N-dealkylation sites (tertiary alicyclic amines) is 1. The van der Waals surface area contributed by atoms with Gasteiger partial charge in [-0.1, -0.05) is 12.0 Å². The molecule has 1 amide bonds. The van der Waals surface area contributed by atoms with Crippen LogP contribution in [-0.4, -0.2) is 51.7 Å². The van der Waals surface area contributed by atoms with Crippen molar-refractivity contribution in [2.45, 2.75) is 18.9 Å². The van der Waals surface area contributed by atoms with Crippen LogP contribution in [0.2, 0.25) is 0 Å². The lowest BCUT2D eigenvalue weighted by molar-refractivity contribution is 0.0911. The fourth-order valence-corrected chi connectivity index (χ4v) is 3.60. The first kappa shape index (κ1) is 18.0. The minimum atomic E-state index is -0.162. The number of aromatic nitrogens is 3. The Morgan fingerprint density at radius 3 is 2.86 bits per heavy atom. The van der Waals surface area contributed by atoms with Gasteiger partial charge in [-0.15, -0.1) is 6.42 Å². The van der Waals surface area contributed by atoms with Crippen molar-refractivity contribution in [1.29, 1.82) is 0 Å². The Labute approximate surface area is 163 Å². The highest BCUT2D eigenvalue weighted by Gasteiger charge is 2.22. The predicted octanol–water partition coefficient (Wildman–Crippen LogP) is 2.03. The molecule has 0 spiro atoms. The predicted molar refractivity (Wildman–Crippen MR) is 109 cm³/mol. The molecule has 1 aliphatic heterocycles. The van der Waals surface area contributed by atoms with Crippen LogP contribution in [0.5, 0.6) is 0 Å². The number of terminal acetylenes is 1. The molecule has 1 aliphatic rings. The number of carbonyl (C=O) groups is 1. The Kier molecular flexibility index (Phi) is 4.96. The van der Waals surface area contributed by atoms with Crippen molar-refractivity contribution in [3.05, 3.63) is 42.4 Å². The van der Waals surface area contributed by atoms with Gasteiger partial charge in [0.05, 0.1) is 17.7 Å². The van der Waals surface area contributed by atoms with Gasteiger partial charge in [0.2, 0.25) is 0 Å². The highest BCUT2D eigenvalue weighted by atomic mass is 16.2. The Bertz CT molecular complexity index is 1040. The molecule has 0 radical (unpaired) electrons. The molecular formula is C21H22N6O. The lowest BCUT2D eigenvalue weighted by Gasteiger charge is -2.30. The van der Waals surface area contributed by atoms with Gasteiger partial charge in [0.25, 0.3) is 5.91 Å². The van der Waals surface area contributed by atoms with Gasteiger partial charge in [-0.3, -0.25) is 19.8 Å². The number of anilines is 1. The summed E-state index contributed by atoms with van der Waals surface area (Å²) < 4.78 is 0. The van der Waals surface area contributed by atoms with Crippen LogP contribution in [0, 0.1) is 12.3 Å². The number of carbonyl (C=O) groups excluding carboxylic acids is 1. The maximum Gasteiger partial charge on any atom is 0.272 e. The van der Waals surface area contributed by atoms with E-state index >= 15 is 0 Å². The van der Waals surface area contributed by atoms with Gasteiger partial charge < -0.3 is 11.1 Å². The van der Waals surface area contributed by atoms with Crippen LogP contribution < -0.4 is 11.1 Å². The van der Waals surface area contributed by atoms with Gasteiger partial charge in [0.15, 0.2) is 5.69 Å². The summed E-state index contributed by atoms with van der Waals surface area (Å²) >= 11 is 0. The van der Waals surface area contributed by atoms with Crippen LogP contribution in [-0.2, 0) is 0 Å². The number of rotatable bonds is 4. The number of fused-ring (bicyclic) bond motifs is 1. The first-order chi connectivity index (χ1) is 13.6. The minimum absolute atomic E-state index is 0.134. The summed E-state index contributed by atoms with van der Waals surface area (Å²) in [6.07, 6.45) is 10.5. The number of nitrogens with zero attached hydrogens (tertiary/aromatic N) is 3. The fraction of sp³-hybridized carbons (Fsp3) is 0.286. The number of piperidine rings is 1. The molecule has 4 rings (SSSR count). The molecule has 7 heteroatoms. The fourth-order valence-electron chi connectivity index (χ4n) is 3.60. The number of amides is 1. The van der Waals surface area contributed by atoms with Gasteiger partial charge in [0, 0.05) is 42.5 Å². The number of nitrogen functional groups attached to an aromatic ring is 1. The number of hydrogen-bond donors (Lipinski definition) is 3. The Morgan fingerprint density at radius 1 is 1.29 bits per heavy atom. The number of nitrogens with two attached hydrogens (primary N) is 1. The molecule has 7 nitrogen and oxygen atoms in total. The molecule has 1 saturated heterocycles. The van der Waals surface area contributed by atoms with Gasteiger partial charge in [-0.2, -0.15) is 5.10 Å². The van der Waals surface area contributed by atoms with Gasteiger partial charge in [0.1, 0.15) is 0 Å². The molecule has 0 saturated carbocycles. The van der Waals surface area contributed by atoms with E-state index < -0.39 is 0 Å². The first-order valence-corrected chi connectivity index (χ1v) is 9.30. The van der Waals surface area contributed by atoms with Gasteiger partial charge in [-0.25, -0.2) is 0 Å². The third-order valence-electron chi connectivity index (χ3n) is 5.11. The molecule has 142 valence electrons. The summed E-state index contributed by atoms with van der Waals surface area (Å²) in [5.41, 5.74) is 9.49. The van der Waals surface area contributed by atoms with E-state index in [9.17, 15) is 4.79 Å². The number of aromatic amines is 1. The van der Waals surface area contributed by atoms with Gasteiger partial charge in [-0.05, 0) is 36.6 Å². The largest absolute Gasteiger partial charge is 0.397 e. The van der Waals surface area contributed by atoms with Crippen molar-refractivity contribution in [3.63, 3.8) is 0 Å². The van der Waals surface area contributed by atoms with E-state index in [-0.39, 0.29) is 11.9 Å². The lowest BCUT2D eigenvalue weighted by atomic mass is 10.0. The highest BCUT2D eigenvalue weighted by molar-refractivity contribution is 6.05. The summed E-state index contributed by atoms with van der Waals surface area (Å²) in [4.78, 5) is 19.2. The highest BCUT2D eigenvalue weighted by Crippen LogP contribution is 2.26. The SMILES string of the molecule is C#CCN1CCC(NC(=O)c2n[nH]c3ccc(-c4cncc(N)c4)cc23)CC1. The number of hydrogen-bond acceptors (Lipinski definition) is 5. The third-order valence-corrected chi connectivity index (χ3v) is 5.11. The van der Waals surface area contributed by atoms with Crippen molar-refractivity contribution in [3.8, 4) is 23.5 Å². The standard InChI is InChI=1S/C21H22N6O/c1-2-7-27-8-5-17(6-9-27)24-21(28)20-18-11-14(3-4-19(18)25-26-20)15-10-16(22)13-23-12-15/h1,3-4,10-13,17H,5-9,22H2,(H,24,28)(H,25,26). The van der Waals surface area contributed by atoms with E-state index in [0.717, 1.165) is 48.0 Å². The zero-order valence-corrected chi connectivity index (χ0v) is 15.5. The van der Waals surface area contributed by atoms with Crippen LogP contribution in [0.3, 0.4) is 0 Å². The summed E-state index contributed by atoms with van der Waals surface area (Å²) in [5.74, 6) is 2.51. The van der Waals surface area contributed by atoms with Crippen LogP contribution in [0.1, 0.15) is 23.3 Å². The zero-order valence-electron chi connectivity index (χ0n) is 15.5. The topological polar surface area (TPSA) is 99.9 Å². The molecule has 0 atom stereocenters. The molecule has 3 heterocycles. The molecular weight excluding hydrogens is 352 g/mol. The van der Waals surface area contributed by atoms with Crippen LogP contribution >= 0.6 is 0 Å². The number of pyridine rings is 1. The molecule has 1 aromatic carbocycles. The van der Waals surface area contributed by atoms with E-state index in [1.54, 1.807) is 12.4 Å². The van der Waals surface area contributed by atoms with Crippen molar-refractivity contribution in [2.24, 2.45) is 0 Å². The molecule has 3 aromatic rings. The van der Waals surface area contributed by atoms with E-state index in [1.807, 2.05) is 24.3 Å². The monoisotopic (exact) mass is 374 g/mol. The molecule has 2 aromatic heterocycles. The Morgan fingerprint density at radius 2 is 2.11 bits per heavy atom. The quantitative estimate of drug-likeness (QED) is 0.607. The van der Waals surface area contributed by atoms with E-state index in [0.29, 0.717) is 17.9 Å². The second-order valence-corrected chi connectivity index (χ2v) is 7.07. The number of nitrogens with one attached hydrogen (secondary N) is 2. The normalized spacial score (nSPS) is 15.4. The summed E-state index contributed by atoms with van der Waals surface area (Å²) in [7, 11) is 0. The lowest BCUT2D eigenvalue weighted by Crippen LogP contribution is -2.44. The summed E-state index contributed by atoms with van der Waals surface area (Å²) in [6.45, 7) is 2.44. The maximum atomic E-state index is 12.8. The molecule has 28 heavy (non-hydrogen) atoms. The van der Waals surface area contributed by atoms with Crippen molar-refractivity contribution in [2.75, 3.05) is 25.4 Å². The number of H-pyrrole nitrogens is 1. The summed E-state index contributed by atoms with van der Waals surface area (Å²) in [5, 5.41) is 11.1. The molecule has 0 bridgehead atoms. The van der Waals surface area contributed by atoms with Crippen molar-refractivity contribution >= 4 is 22.5 Å². The summed E-state index contributed by atoms with van der Waals surface area (Å²) in [6, 6.07) is 7.81. The van der Waals surface area contributed by atoms with Gasteiger partial charge >= 0.3 is 0 Å². The van der Waals surface area contributed by atoms with E-state index in [1.165, 1.54) is 0 Å². The average Bonchev–Trinajstić information content (AvgIpc) is 3.13. The smallest absolute Gasteiger partial charge is 0.272 e. The minimum Gasteiger partial charge on any atom is -0.397 e. The first-order valence-electron chi connectivity index (χ1n) is 9.30. The molecule has 1 fully saturated rings. The van der Waals surface area contributed by atoms with E-state index in [2.05, 4.69) is 31.3 Å². The third kappa shape index (κ3) is 3.68. The van der Waals surface area contributed by atoms with E-state index in [4.69, 9.17) is 12.2 Å². The average molecular weight is 374 g/mol. The van der Waals surface area contributed by atoms with Crippen LogP contribution in [0.15, 0.2) is 36.7 Å². The molecule has 0 aliphatic carbocycles. The Balaban J connectivity index is 1.53. The maximum absolute atomic E-state index is 12.8. The second-order valence-electron chi connectivity index (χ2n) is 7.07. The van der Waals surface area contributed by atoms with Crippen molar-refractivity contribution in [1.82, 2.24) is 25.4 Å². The Hall–Kier alpha value is -3.37. The molecule has 0 unspecified atom stereocenters. The molecule has 4 N–H and O–H groups in total. The van der Waals surface area contributed by atoms with Crippen LogP contribution in [0.25, 0.3) is 22.0 Å². The van der Waals surface area contributed by atoms with Crippen LogP contribution in [0.4, 0.5) is 5.69 Å². The second kappa shape index (κ2) is 7.71. The number of benzene rings is 1. The zero-order chi connectivity index (χ0) is 19.5. The van der Waals surface area contributed by atoms with Crippen molar-refractivity contribution < 1.29 is 4.79 Å².